The summed E-state index contributed by atoms with van der Waals surface area (Å²) in [4.78, 5) is 40.1. The Bertz CT molecular complexity index is 774. The van der Waals surface area contributed by atoms with E-state index in [0.29, 0.717) is 25.1 Å². The zero-order chi connectivity index (χ0) is 24.2. The number of nitrogens with one attached hydrogen (secondary N) is 2. The number of carbonyl (C=O) groups is 3. The van der Waals surface area contributed by atoms with Crippen LogP contribution in [-0.2, 0) is 9.59 Å². The van der Waals surface area contributed by atoms with Crippen molar-refractivity contribution in [3.8, 4) is 0 Å². The average molecular weight is 470 g/mol. The number of amides is 3. The van der Waals surface area contributed by atoms with Crippen molar-refractivity contribution in [2.45, 2.75) is 102 Å². The van der Waals surface area contributed by atoms with Gasteiger partial charge in [0.15, 0.2) is 0 Å². The Morgan fingerprint density at radius 1 is 0.824 bits per heavy atom. The Morgan fingerprint density at radius 2 is 1.44 bits per heavy atom. The van der Waals surface area contributed by atoms with Gasteiger partial charge in [-0.3, -0.25) is 14.4 Å². The Balaban J connectivity index is 1.40. The van der Waals surface area contributed by atoms with Crippen molar-refractivity contribution in [2.75, 3.05) is 13.1 Å². The zero-order valence-corrected chi connectivity index (χ0v) is 20.9. The first-order valence-electron chi connectivity index (χ1n) is 13.5. The number of hydrogen-bond donors (Lipinski definition) is 2. The Hall–Kier alpha value is -2.37. The van der Waals surface area contributed by atoms with Crippen molar-refractivity contribution in [1.29, 1.82) is 0 Å². The largest absolute Gasteiger partial charge is 0.351 e. The minimum absolute atomic E-state index is 0.0266. The van der Waals surface area contributed by atoms with Crippen molar-refractivity contribution < 1.29 is 14.4 Å². The maximum Gasteiger partial charge on any atom is 0.251 e. The van der Waals surface area contributed by atoms with Crippen LogP contribution in [0.2, 0.25) is 0 Å². The minimum atomic E-state index is -0.0797. The lowest BCUT2D eigenvalue weighted by Gasteiger charge is -2.36. The third kappa shape index (κ3) is 8.14. The number of piperidine rings is 1. The third-order valence-electron chi connectivity index (χ3n) is 7.41. The molecule has 1 heterocycles. The van der Waals surface area contributed by atoms with Crippen LogP contribution in [0.25, 0.3) is 0 Å². The van der Waals surface area contributed by atoms with E-state index >= 15 is 0 Å². The first kappa shape index (κ1) is 26.2. The third-order valence-corrected chi connectivity index (χ3v) is 7.41. The van der Waals surface area contributed by atoms with E-state index in [0.717, 1.165) is 51.4 Å². The Kier molecular flexibility index (Phi) is 10.9. The van der Waals surface area contributed by atoms with Gasteiger partial charge in [0.1, 0.15) is 0 Å². The van der Waals surface area contributed by atoms with E-state index in [9.17, 15) is 14.4 Å². The summed E-state index contributed by atoms with van der Waals surface area (Å²) < 4.78 is 0. The summed E-state index contributed by atoms with van der Waals surface area (Å²) in [5.41, 5.74) is 0.649. The van der Waals surface area contributed by atoms with Crippen molar-refractivity contribution in [1.82, 2.24) is 15.5 Å². The SMILES string of the molecule is CCCCCCCCC(=O)N1CCC(C(=O)N[C@@H]2CCCC[C@H]2NC(=O)c2ccccc2)CC1. The van der Waals surface area contributed by atoms with Crippen LogP contribution in [0.1, 0.15) is 101 Å². The minimum Gasteiger partial charge on any atom is -0.351 e. The van der Waals surface area contributed by atoms with E-state index in [1.54, 1.807) is 0 Å². The van der Waals surface area contributed by atoms with Gasteiger partial charge < -0.3 is 15.5 Å². The Labute approximate surface area is 205 Å². The van der Waals surface area contributed by atoms with Crippen LogP contribution in [0, 0.1) is 5.92 Å². The summed E-state index contributed by atoms with van der Waals surface area (Å²) >= 11 is 0. The summed E-state index contributed by atoms with van der Waals surface area (Å²) in [6.07, 6.45) is 13.1. The molecule has 3 rings (SSSR count). The van der Waals surface area contributed by atoms with E-state index in [-0.39, 0.29) is 35.7 Å². The molecule has 6 nitrogen and oxygen atoms in total. The quantitative estimate of drug-likeness (QED) is 0.456. The summed E-state index contributed by atoms with van der Waals surface area (Å²) in [5, 5.41) is 6.39. The number of hydrogen-bond acceptors (Lipinski definition) is 3. The molecule has 1 aromatic carbocycles. The van der Waals surface area contributed by atoms with Gasteiger partial charge in [-0.25, -0.2) is 0 Å². The second-order valence-corrected chi connectivity index (χ2v) is 10.0. The highest BCUT2D eigenvalue weighted by molar-refractivity contribution is 5.94. The van der Waals surface area contributed by atoms with E-state index in [1.165, 1.54) is 25.7 Å². The highest BCUT2D eigenvalue weighted by Gasteiger charge is 2.32. The van der Waals surface area contributed by atoms with Crippen LogP contribution >= 0.6 is 0 Å². The summed E-state index contributed by atoms with van der Waals surface area (Å²) in [5.74, 6) is 0.189. The van der Waals surface area contributed by atoms with Crippen molar-refractivity contribution in [3.05, 3.63) is 35.9 Å². The average Bonchev–Trinajstić information content (AvgIpc) is 2.87. The molecule has 0 aromatic heterocycles. The van der Waals surface area contributed by atoms with E-state index in [2.05, 4.69) is 17.6 Å². The molecule has 0 unspecified atom stereocenters. The van der Waals surface area contributed by atoms with Gasteiger partial charge >= 0.3 is 0 Å². The van der Waals surface area contributed by atoms with Gasteiger partial charge in [-0.1, -0.05) is 70.1 Å². The summed E-state index contributed by atoms with van der Waals surface area (Å²) in [6.45, 7) is 3.56. The molecular weight excluding hydrogens is 426 g/mol. The molecule has 2 fully saturated rings. The highest BCUT2D eigenvalue weighted by atomic mass is 16.2. The van der Waals surface area contributed by atoms with Crippen LogP contribution < -0.4 is 10.6 Å². The number of unbranched alkanes of at least 4 members (excludes halogenated alkanes) is 5. The monoisotopic (exact) mass is 469 g/mol. The van der Waals surface area contributed by atoms with Crippen molar-refractivity contribution >= 4 is 17.7 Å². The van der Waals surface area contributed by atoms with Gasteiger partial charge in [0.25, 0.3) is 5.91 Å². The molecule has 2 atom stereocenters. The van der Waals surface area contributed by atoms with Gasteiger partial charge in [0.2, 0.25) is 11.8 Å². The Morgan fingerprint density at radius 3 is 2.12 bits per heavy atom. The molecule has 0 spiro atoms. The van der Waals surface area contributed by atoms with Gasteiger partial charge in [0.05, 0.1) is 0 Å². The van der Waals surface area contributed by atoms with Crippen LogP contribution in [0.4, 0.5) is 0 Å². The second kappa shape index (κ2) is 14.1. The molecule has 34 heavy (non-hydrogen) atoms. The van der Waals surface area contributed by atoms with E-state index in [1.807, 2.05) is 35.2 Å². The van der Waals surface area contributed by atoms with Crippen LogP contribution in [-0.4, -0.2) is 47.8 Å². The predicted octanol–water partition coefficient (Wildman–Crippen LogP) is 4.83. The number of carbonyl (C=O) groups excluding carboxylic acids is 3. The molecule has 1 saturated heterocycles. The molecule has 1 aliphatic carbocycles. The van der Waals surface area contributed by atoms with Gasteiger partial charge in [0, 0.05) is 43.1 Å². The molecule has 1 aromatic rings. The second-order valence-electron chi connectivity index (χ2n) is 10.0. The fraction of sp³-hybridized carbons (Fsp3) is 0.679. The number of rotatable bonds is 11. The van der Waals surface area contributed by atoms with Crippen molar-refractivity contribution in [2.24, 2.45) is 5.92 Å². The topological polar surface area (TPSA) is 78.5 Å². The molecule has 188 valence electrons. The smallest absolute Gasteiger partial charge is 0.251 e. The van der Waals surface area contributed by atoms with Gasteiger partial charge in [-0.15, -0.1) is 0 Å². The normalized spacial score (nSPS) is 21.1. The summed E-state index contributed by atoms with van der Waals surface area (Å²) in [7, 11) is 0. The first-order valence-corrected chi connectivity index (χ1v) is 13.5. The fourth-order valence-corrected chi connectivity index (χ4v) is 5.22. The molecule has 1 saturated carbocycles. The molecule has 2 aliphatic rings. The molecule has 6 heteroatoms. The lowest BCUT2D eigenvalue weighted by atomic mass is 9.88. The maximum atomic E-state index is 13.0. The molecule has 2 N–H and O–H groups in total. The molecule has 0 bridgehead atoms. The predicted molar refractivity (Wildman–Crippen MR) is 135 cm³/mol. The van der Waals surface area contributed by atoms with Gasteiger partial charge in [-0.05, 0) is 44.2 Å². The standard InChI is InChI=1S/C28H43N3O3/c1-2-3-4-5-6-10-17-26(32)31-20-18-23(19-21-31)28(34)30-25-16-12-11-15-24(25)29-27(33)22-13-8-7-9-14-22/h7-9,13-14,23-25H,2-6,10-12,15-21H2,1H3,(H,29,33)(H,30,34)/t24-,25-/m1/s1. The van der Waals surface area contributed by atoms with Gasteiger partial charge in [-0.2, -0.15) is 0 Å². The lowest BCUT2D eigenvalue weighted by Crippen LogP contribution is -2.55. The van der Waals surface area contributed by atoms with E-state index < -0.39 is 0 Å². The molecular formula is C28H43N3O3. The van der Waals surface area contributed by atoms with E-state index in [4.69, 9.17) is 0 Å². The summed E-state index contributed by atoms with van der Waals surface area (Å²) in [6, 6.07) is 9.18. The molecule has 0 radical (unpaired) electrons. The van der Waals surface area contributed by atoms with Crippen LogP contribution in [0.15, 0.2) is 30.3 Å². The zero-order valence-electron chi connectivity index (χ0n) is 20.9. The lowest BCUT2D eigenvalue weighted by molar-refractivity contribution is -0.136. The molecule has 3 amide bonds. The first-order chi connectivity index (χ1) is 16.6. The number of benzene rings is 1. The number of nitrogens with zero attached hydrogens (tertiary/aromatic N) is 1. The maximum absolute atomic E-state index is 13.0. The van der Waals surface area contributed by atoms with Crippen LogP contribution in [0.3, 0.4) is 0 Å². The molecule has 1 aliphatic heterocycles. The number of likely N-dealkylation sites (tertiary alicyclic amines) is 1. The highest BCUT2D eigenvalue weighted by Crippen LogP contribution is 2.23. The van der Waals surface area contributed by atoms with Crippen LogP contribution in [0.5, 0.6) is 0 Å². The fourth-order valence-electron chi connectivity index (χ4n) is 5.22. The van der Waals surface area contributed by atoms with Crippen molar-refractivity contribution in [3.63, 3.8) is 0 Å².